The number of amides is 1. The van der Waals surface area contributed by atoms with Crippen molar-refractivity contribution < 1.29 is 14.7 Å². The summed E-state index contributed by atoms with van der Waals surface area (Å²) in [6, 6.07) is 8.31. The van der Waals surface area contributed by atoms with Crippen LogP contribution >= 0.6 is 0 Å². The second-order valence-corrected chi connectivity index (χ2v) is 4.38. The van der Waals surface area contributed by atoms with Crippen LogP contribution in [0, 0.1) is 0 Å². The third-order valence-corrected chi connectivity index (χ3v) is 2.98. The number of hydrogen-bond donors (Lipinski definition) is 1. The highest BCUT2D eigenvalue weighted by Gasteiger charge is 2.16. The highest BCUT2D eigenvalue weighted by atomic mass is 16.4. The molecule has 108 valence electrons. The third kappa shape index (κ3) is 3.62. The van der Waals surface area contributed by atoms with E-state index in [0.717, 1.165) is 5.69 Å². The summed E-state index contributed by atoms with van der Waals surface area (Å²) < 4.78 is 0. The van der Waals surface area contributed by atoms with E-state index in [1.165, 1.54) is 18.3 Å². The Morgan fingerprint density at radius 1 is 1.19 bits per heavy atom. The molecule has 21 heavy (non-hydrogen) atoms. The number of nitrogens with zero attached hydrogens (tertiary/aromatic N) is 3. The van der Waals surface area contributed by atoms with Gasteiger partial charge in [-0.05, 0) is 31.2 Å². The van der Waals surface area contributed by atoms with Crippen LogP contribution in [0.1, 0.15) is 33.5 Å². The van der Waals surface area contributed by atoms with Gasteiger partial charge >= 0.3 is 5.97 Å². The molecule has 0 radical (unpaired) electrons. The van der Waals surface area contributed by atoms with Gasteiger partial charge in [0.05, 0.1) is 17.8 Å². The zero-order valence-electron chi connectivity index (χ0n) is 11.6. The molecule has 2 aromatic heterocycles. The van der Waals surface area contributed by atoms with Gasteiger partial charge in [0.25, 0.3) is 5.91 Å². The fraction of sp³-hybridized carbons (Fsp3) is 0.200. The molecule has 6 heteroatoms. The first-order chi connectivity index (χ1) is 10.1. The molecule has 0 saturated heterocycles. The molecule has 0 aliphatic heterocycles. The zero-order valence-corrected chi connectivity index (χ0v) is 11.6. The Labute approximate surface area is 122 Å². The van der Waals surface area contributed by atoms with E-state index in [1.54, 1.807) is 11.1 Å². The average Bonchev–Trinajstić information content (AvgIpc) is 2.53. The Bertz CT molecular complexity index is 626. The first-order valence-corrected chi connectivity index (χ1v) is 6.50. The normalized spacial score (nSPS) is 10.1. The van der Waals surface area contributed by atoms with Crippen molar-refractivity contribution in [1.82, 2.24) is 14.9 Å². The molecule has 0 bridgehead atoms. The van der Waals surface area contributed by atoms with Crippen LogP contribution in [0.2, 0.25) is 0 Å². The summed E-state index contributed by atoms with van der Waals surface area (Å²) in [5.41, 5.74) is 1.06. The lowest BCUT2D eigenvalue weighted by Gasteiger charge is -2.20. The van der Waals surface area contributed by atoms with Crippen molar-refractivity contribution in [2.75, 3.05) is 6.54 Å². The number of carbonyl (C=O) groups excluding carboxylic acids is 1. The van der Waals surface area contributed by atoms with Gasteiger partial charge in [-0.15, -0.1) is 0 Å². The molecule has 0 spiro atoms. The molecule has 6 nitrogen and oxygen atoms in total. The molecule has 0 saturated carbocycles. The molecule has 2 rings (SSSR count). The Morgan fingerprint density at radius 3 is 2.52 bits per heavy atom. The third-order valence-electron chi connectivity index (χ3n) is 2.98. The lowest BCUT2D eigenvalue weighted by atomic mass is 10.2. The number of aromatic carboxylic acids is 1. The van der Waals surface area contributed by atoms with Crippen LogP contribution in [-0.2, 0) is 6.54 Å². The molecule has 0 atom stereocenters. The molecule has 0 aromatic carbocycles. The Balaban J connectivity index is 2.14. The molecule has 0 aliphatic carbocycles. The van der Waals surface area contributed by atoms with Crippen LogP contribution in [0.25, 0.3) is 0 Å². The van der Waals surface area contributed by atoms with Crippen LogP contribution < -0.4 is 0 Å². The van der Waals surface area contributed by atoms with Crippen molar-refractivity contribution in [3.8, 4) is 0 Å². The molecular weight excluding hydrogens is 270 g/mol. The number of carbonyl (C=O) groups is 2. The highest BCUT2D eigenvalue weighted by molar-refractivity contribution is 5.93. The number of hydrogen-bond acceptors (Lipinski definition) is 4. The summed E-state index contributed by atoms with van der Waals surface area (Å²) in [4.78, 5) is 32.8. The standard InChI is InChI=1S/C15H15N3O3/c1-2-18(10-12-5-3-4-8-16-12)14(19)13-7-6-11(9-17-13)15(20)21/h3-9H,2,10H2,1H3,(H,20,21). The van der Waals surface area contributed by atoms with Crippen molar-refractivity contribution in [3.63, 3.8) is 0 Å². The maximum atomic E-state index is 12.3. The first-order valence-electron chi connectivity index (χ1n) is 6.50. The number of rotatable bonds is 5. The van der Waals surface area contributed by atoms with E-state index in [9.17, 15) is 9.59 Å². The Hall–Kier alpha value is -2.76. The van der Waals surface area contributed by atoms with Gasteiger partial charge in [-0.1, -0.05) is 6.07 Å². The lowest BCUT2D eigenvalue weighted by Crippen LogP contribution is -2.31. The van der Waals surface area contributed by atoms with Crippen LogP contribution in [0.4, 0.5) is 0 Å². The Kier molecular flexibility index (Phi) is 4.61. The minimum Gasteiger partial charge on any atom is -0.478 e. The van der Waals surface area contributed by atoms with Gasteiger partial charge in [-0.3, -0.25) is 14.8 Å². The fourth-order valence-electron chi connectivity index (χ4n) is 1.82. The molecule has 1 N–H and O–H groups in total. The van der Waals surface area contributed by atoms with Crippen molar-refractivity contribution in [2.45, 2.75) is 13.5 Å². The van der Waals surface area contributed by atoms with Gasteiger partial charge in [0.2, 0.25) is 0 Å². The summed E-state index contributed by atoms with van der Waals surface area (Å²) in [5.74, 6) is -1.32. The molecule has 1 amide bonds. The summed E-state index contributed by atoms with van der Waals surface area (Å²) in [6.45, 7) is 2.77. The van der Waals surface area contributed by atoms with Gasteiger partial charge in [0.15, 0.2) is 0 Å². The number of carboxylic acids is 1. The van der Waals surface area contributed by atoms with Gasteiger partial charge in [-0.2, -0.15) is 0 Å². The SMILES string of the molecule is CCN(Cc1ccccn1)C(=O)c1ccc(C(=O)O)cn1. The number of aromatic nitrogens is 2. The minimum absolute atomic E-state index is 0.0549. The lowest BCUT2D eigenvalue weighted by molar-refractivity contribution is 0.0692. The van der Waals surface area contributed by atoms with E-state index in [4.69, 9.17) is 5.11 Å². The highest BCUT2D eigenvalue weighted by Crippen LogP contribution is 2.08. The van der Waals surface area contributed by atoms with E-state index in [2.05, 4.69) is 9.97 Å². The second kappa shape index (κ2) is 6.60. The van der Waals surface area contributed by atoms with Gasteiger partial charge in [0, 0.05) is 18.9 Å². The van der Waals surface area contributed by atoms with Gasteiger partial charge < -0.3 is 10.0 Å². The van der Waals surface area contributed by atoms with Crippen LogP contribution in [0.3, 0.4) is 0 Å². The van der Waals surface area contributed by atoms with Gasteiger partial charge in [-0.25, -0.2) is 4.79 Å². The fourth-order valence-corrected chi connectivity index (χ4v) is 1.82. The van der Waals surface area contributed by atoms with Crippen molar-refractivity contribution in [3.05, 3.63) is 59.7 Å². The van der Waals surface area contributed by atoms with E-state index in [0.29, 0.717) is 13.1 Å². The molecular formula is C15H15N3O3. The largest absolute Gasteiger partial charge is 0.478 e. The molecule has 2 aromatic rings. The van der Waals surface area contributed by atoms with Crippen molar-refractivity contribution in [1.29, 1.82) is 0 Å². The van der Waals surface area contributed by atoms with E-state index < -0.39 is 5.97 Å². The second-order valence-electron chi connectivity index (χ2n) is 4.38. The molecule has 0 aliphatic rings. The zero-order chi connectivity index (χ0) is 15.2. The predicted octanol–water partition coefficient (Wildman–Crippen LogP) is 1.84. The van der Waals surface area contributed by atoms with E-state index >= 15 is 0 Å². The topological polar surface area (TPSA) is 83.4 Å². The van der Waals surface area contributed by atoms with Crippen molar-refractivity contribution >= 4 is 11.9 Å². The predicted molar refractivity (Wildman–Crippen MR) is 75.8 cm³/mol. The molecule has 2 heterocycles. The first kappa shape index (κ1) is 14.6. The van der Waals surface area contributed by atoms with E-state index in [1.807, 2.05) is 25.1 Å². The van der Waals surface area contributed by atoms with E-state index in [-0.39, 0.29) is 17.2 Å². The quantitative estimate of drug-likeness (QED) is 0.906. The maximum absolute atomic E-state index is 12.3. The summed E-state index contributed by atoms with van der Waals surface area (Å²) in [5, 5.41) is 8.82. The monoisotopic (exact) mass is 285 g/mol. The molecule has 0 fully saturated rings. The summed E-state index contributed by atoms with van der Waals surface area (Å²) in [7, 11) is 0. The minimum atomic E-state index is -1.07. The molecule has 0 unspecified atom stereocenters. The van der Waals surface area contributed by atoms with Crippen LogP contribution in [0.15, 0.2) is 42.7 Å². The number of carboxylic acid groups (broad SMARTS) is 1. The maximum Gasteiger partial charge on any atom is 0.337 e. The summed E-state index contributed by atoms with van der Waals surface area (Å²) in [6.07, 6.45) is 2.86. The van der Waals surface area contributed by atoms with Crippen LogP contribution in [0.5, 0.6) is 0 Å². The number of pyridine rings is 2. The van der Waals surface area contributed by atoms with Crippen LogP contribution in [-0.4, -0.2) is 38.4 Å². The average molecular weight is 285 g/mol. The smallest absolute Gasteiger partial charge is 0.337 e. The summed E-state index contributed by atoms with van der Waals surface area (Å²) >= 11 is 0. The van der Waals surface area contributed by atoms with Gasteiger partial charge in [0.1, 0.15) is 5.69 Å². The Morgan fingerprint density at radius 2 is 2.00 bits per heavy atom. The van der Waals surface area contributed by atoms with Crippen molar-refractivity contribution in [2.24, 2.45) is 0 Å².